The molecular formula is C62H117NO5. The summed E-state index contributed by atoms with van der Waals surface area (Å²) >= 11 is 0. The van der Waals surface area contributed by atoms with E-state index in [1.165, 1.54) is 244 Å². The number of aliphatic hydroxyl groups excluding tert-OH is 2. The van der Waals surface area contributed by atoms with Gasteiger partial charge in [-0.2, -0.15) is 0 Å². The fraction of sp³-hybridized carbons (Fsp3) is 0.871. The van der Waals surface area contributed by atoms with Crippen molar-refractivity contribution in [3.8, 4) is 0 Å². The number of allylic oxidation sites excluding steroid dienone is 5. The maximum atomic E-state index is 12.4. The Hall–Kier alpha value is -1.92. The van der Waals surface area contributed by atoms with Gasteiger partial charge in [0.05, 0.1) is 25.4 Å². The first kappa shape index (κ1) is 66.1. The molecule has 400 valence electrons. The number of esters is 1. The minimum atomic E-state index is -0.844. The Bertz CT molecular complexity index is 1100. The molecule has 1 amide bonds. The predicted molar refractivity (Wildman–Crippen MR) is 296 cm³/mol. The molecule has 68 heavy (non-hydrogen) atoms. The van der Waals surface area contributed by atoms with Gasteiger partial charge in [-0.25, -0.2) is 0 Å². The second-order valence-electron chi connectivity index (χ2n) is 20.7. The third-order valence-corrected chi connectivity index (χ3v) is 13.9. The Labute approximate surface area is 424 Å². The Morgan fingerprint density at radius 3 is 1.13 bits per heavy atom. The van der Waals surface area contributed by atoms with Crippen LogP contribution in [0.2, 0.25) is 0 Å². The number of carbonyl (C=O) groups is 2. The summed E-state index contributed by atoms with van der Waals surface area (Å²) in [5, 5.41) is 23.1. The van der Waals surface area contributed by atoms with Gasteiger partial charge in [0, 0.05) is 12.8 Å². The fourth-order valence-electron chi connectivity index (χ4n) is 9.25. The monoisotopic (exact) mass is 956 g/mol. The largest absolute Gasteiger partial charge is 0.466 e. The third-order valence-electron chi connectivity index (χ3n) is 13.9. The van der Waals surface area contributed by atoms with E-state index in [0.717, 1.165) is 51.4 Å². The zero-order valence-corrected chi connectivity index (χ0v) is 45.6. The molecule has 3 N–H and O–H groups in total. The van der Waals surface area contributed by atoms with E-state index >= 15 is 0 Å². The van der Waals surface area contributed by atoms with Crippen LogP contribution < -0.4 is 5.32 Å². The summed E-state index contributed by atoms with van der Waals surface area (Å²) in [4.78, 5) is 24.5. The van der Waals surface area contributed by atoms with E-state index in [1.807, 2.05) is 6.08 Å². The van der Waals surface area contributed by atoms with Gasteiger partial charge in [-0.05, 0) is 64.2 Å². The summed E-state index contributed by atoms with van der Waals surface area (Å²) in [7, 11) is 0. The molecule has 0 bridgehead atoms. The Morgan fingerprint density at radius 1 is 0.412 bits per heavy atom. The maximum absolute atomic E-state index is 12.4. The normalized spacial score (nSPS) is 12.8. The van der Waals surface area contributed by atoms with Crippen LogP contribution in [0.1, 0.15) is 322 Å². The molecule has 0 aliphatic heterocycles. The zero-order chi connectivity index (χ0) is 49.3. The molecule has 0 aromatic rings. The summed E-state index contributed by atoms with van der Waals surface area (Å²) in [5.41, 5.74) is 0. The number of hydrogen-bond acceptors (Lipinski definition) is 5. The van der Waals surface area contributed by atoms with Crippen LogP contribution in [0.15, 0.2) is 36.5 Å². The lowest BCUT2D eigenvalue weighted by Crippen LogP contribution is -2.45. The van der Waals surface area contributed by atoms with Gasteiger partial charge >= 0.3 is 5.97 Å². The summed E-state index contributed by atoms with van der Waals surface area (Å²) in [5.74, 6) is -0.0691. The molecule has 0 radical (unpaired) electrons. The van der Waals surface area contributed by atoms with Gasteiger partial charge in [-0.3, -0.25) is 9.59 Å². The van der Waals surface area contributed by atoms with Crippen molar-refractivity contribution in [3.05, 3.63) is 36.5 Å². The van der Waals surface area contributed by atoms with Crippen molar-refractivity contribution < 1.29 is 24.5 Å². The van der Waals surface area contributed by atoms with Crippen molar-refractivity contribution in [3.63, 3.8) is 0 Å². The lowest BCUT2D eigenvalue weighted by molar-refractivity contribution is -0.143. The standard InChI is InChI=1S/C62H117NO5/c1-3-5-7-9-11-13-15-17-18-28-32-36-40-44-48-52-56-62(67)68-57-53-49-45-41-37-33-29-26-24-22-20-19-21-23-25-27-31-35-39-43-47-51-55-61(66)63-59(58-64)60(65)54-50-46-42-38-34-30-16-14-12-10-8-6-4-2/h13,15,18,28,50,54,59-60,64-65H,3-12,14,16-17,19-27,29-49,51-53,55-58H2,1-2H3,(H,63,66)/b15-13-,28-18-,54-50+. The molecule has 2 atom stereocenters. The van der Waals surface area contributed by atoms with Crippen LogP contribution in [0.25, 0.3) is 0 Å². The van der Waals surface area contributed by atoms with Crippen molar-refractivity contribution in [1.82, 2.24) is 5.32 Å². The highest BCUT2D eigenvalue weighted by atomic mass is 16.5. The van der Waals surface area contributed by atoms with E-state index in [4.69, 9.17) is 4.74 Å². The van der Waals surface area contributed by atoms with Gasteiger partial charge in [0.2, 0.25) is 5.91 Å². The van der Waals surface area contributed by atoms with Crippen LogP contribution >= 0.6 is 0 Å². The van der Waals surface area contributed by atoms with Crippen LogP contribution in [0.5, 0.6) is 0 Å². The van der Waals surface area contributed by atoms with Crippen LogP contribution in [0, 0.1) is 0 Å². The number of nitrogens with one attached hydrogen (secondary N) is 1. The quantitative estimate of drug-likeness (QED) is 0.0321. The molecule has 2 unspecified atom stereocenters. The molecule has 6 nitrogen and oxygen atoms in total. The van der Waals surface area contributed by atoms with Gasteiger partial charge in [-0.1, -0.05) is 281 Å². The van der Waals surface area contributed by atoms with E-state index in [1.54, 1.807) is 6.08 Å². The lowest BCUT2D eigenvalue weighted by Gasteiger charge is -2.20. The highest BCUT2D eigenvalue weighted by Crippen LogP contribution is 2.17. The van der Waals surface area contributed by atoms with E-state index in [9.17, 15) is 19.8 Å². The molecule has 0 spiro atoms. The molecule has 0 aromatic carbocycles. The molecule has 0 aliphatic carbocycles. The second-order valence-corrected chi connectivity index (χ2v) is 20.7. The van der Waals surface area contributed by atoms with Gasteiger partial charge < -0.3 is 20.3 Å². The van der Waals surface area contributed by atoms with Crippen molar-refractivity contribution >= 4 is 11.9 Å². The third kappa shape index (κ3) is 53.4. The first-order chi connectivity index (χ1) is 33.5. The van der Waals surface area contributed by atoms with Gasteiger partial charge in [0.15, 0.2) is 0 Å². The van der Waals surface area contributed by atoms with Crippen LogP contribution in [0.3, 0.4) is 0 Å². The number of ether oxygens (including phenoxy) is 1. The fourth-order valence-corrected chi connectivity index (χ4v) is 9.25. The number of amides is 1. The SMILES string of the molecule is CCCCCC/C=C\C/C=C\CCCCCCCC(=O)OCCCCCCCCCCCCCCCCCCCCCCCCC(=O)NC(CO)C(O)/C=C/CCCCCCCCCCCCC. The minimum absolute atomic E-state index is 0.000897. The average Bonchev–Trinajstić information content (AvgIpc) is 3.34. The molecule has 6 heteroatoms. The molecule has 0 saturated carbocycles. The first-order valence-corrected chi connectivity index (χ1v) is 30.3. The number of carbonyl (C=O) groups excluding carboxylic acids is 2. The molecular weight excluding hydrogens is 839 g/mol. The Balaban J connectivity index is 3.39. The Morgan fingerprint density at radius 2 is 0.735 bits per heavy atom. The highest BCUT2D eigenvalue weighted by Gasteiger charge is 2.18. The second kappa shape index (κ2) is 57.7. The maximum Gasteiger partial charge on any atom is 0.305 e. The number of aliphatic hydroxyl groups is 2. The van der Waals surface area contributed by atoms with E-state index in [-0.39, 0.29) is 18.5 Å². The van der Waals surface area contributed by atoms with Crippen molar-refractivity contribution in [2.24, 2.45) is 0 Å². The summed E-state index contributed by atoms with van der Waals surface area (Å²) < 4.78 is 5.48. The molecule has 0 aliphatic rings. The van der Waals surface area contributed by atoms with Gasteiger partial charge in [-0.15, -0.1) is 0 Å². The van der Waals surface area contributed by atoms with Crippen molar-refractivity contribution in [2.45, 2.75) is 334 Å². The van der Waals surface area contributed by atoms with Gasteiger partial charge in [0.25, 0.3) is 0 Å². The predicted octanol–water partition coefficient (Wildman–Crippen LogP) is 18.8. The van der Waals surface area contributed by atoms with Crippen molar-refractivity contribution in [1.29, 1.82) is 0 Å². The summed E-state index contributed by atoms with van der Waals surface area (Å²) in [6.07, 6.45) is 71.8. The Kier molecular flexibility index (Phi) is 56.0. The van der Waals surface area contributed by atoms with E-state index in [0.29, 0.717) is 19.4 Å². The zero-order valence-electron chi connectivity index (χ0n) is 45.6. The number of unbranched alkanes of at least 4 members (excludes halogenated alkanes) is 41. The number of hydrogen-bond donors (Lipinski definition) is 3. The van der Waals surface area contributed by atoms with Crippen LogP contribution in [-0.2, 0) is 14.3 Å². The molecule has 0 heterocycles. The van der Waals surface area contributed by atoms with Crippen LogP contribution in [0.4, 0.5) is 0 Å². The molecule has 0 fully saturated rings. The topological polar surface area (TPSA) is 95.9 Å². The molecule has 0 aromatic heterocycles. The molecule has 0 saturated heterocycles. The van der Waals surface area contributed by atoms with E-state index in [2.05, 4.69) is 43.5 Å². The smallest absolute Gasteiger partial charge is 0.305 e. The highest BCUT2D eigenvalue weighted by molar-refractivity contribution is 5.76. The lowest BCUT2D eigenvalue weighted by atomic mass is 10.0. The minimum Gasteiger partial charge on any atom is -0.466 e. The van der Waals surface area contributed by atoms with E-state index < -0.39 is 12.1 Å². The molecule has 0 rings (SSSR count). The van der Waals surface area contributed by atoms with Gasteiger partial charge in [0.1, 0.15) is 0 Å². The summed E-state index contributed by atoms with van der Waals surface area (Å²) in [6.45, 7) is 4.88. The first-order valence-electron chi connectivity index (χ1n) is 30.3. The average molecular weight is 957 g/mol. The van der Waals surface area contributed by atoms with Crippen molar-refractivity contribution in [2.75, 3.05) is 13.2 Å². The number of rotatable bonds is 56. The summed E-state index contributed by atoms with van der Waals surface area (Å²) in [6, 6.07) is -0.627. The van der Waals surface area contributed by atoms with Crippen LogP contribution in [-0.4, -0.2) is 47.4 Å².